The van der Waals surface area contributed by atoms with Gasteiger partial charge in [-0.25, -0.2) is 0 Å². The molecule has 15 heavy (non-hydrogen) atoms. The van der Waals surface area contributed by atoms with Crippen LogP contribution in [0.4, 0.5) is 0 Å². The molecule has 86 valence electrons. The number of carbonyl (C=O) groups excluding carboxylic acids is 2. The van der Waals surface area contributed by atoms with E-state index >= 15 is 0 Å². The molecule has 0 aliphatic rings. The van der Waals surface area contributed by atoms with Gasteiger partial charge in [-0.15, -0.1) is 0 Å². The summed E-state index contributed by atoms with van der Waals surface area (Å²) in [4.78, 5) is 33.0. The lowest BCUT2D eigenvalue weighted by Gasteiger charge is -2.32. The molecule has 1 atom stereocenters. The fraction of sp³-hybridized carbons (Fsp3) is 0.700. The highest BCUT2D eigenvalue weighted by Gasteiger charge is 2.37. The van der Waals surface area contributed by atoms with Gasteiger partial charge in [0.1, 0.15) is 6.42 Å². The summed E-state index contributed by atoms with van der Waals surface area (Å²) in [6.07, 6.45) is -0.574. The van der Waals surface area contributed by atoms with Crippen LogP contribution in [0.3, 0.4) is 0 Å². The highest BCUT2D eigenvalue weighted by atomic mass is 16.4. The lowest BCUT2D eigenvalue weighted by molar-refractivity contribution is -0.143. The van der Waals surface area contributed by atoms with Crippen molar-refractivity contribution in [3.63, 3.8) is 0 Å². The zero-order valence-corrected chi connectivity index (χ0v) is 9.46. The van der Waals surface area contributed by atoms with Crippen molar-refractivity contribution in [1.82, 2.24) is 5.32 Å². The normalized spacial score (nSPS) is 14.5. The molecule has 1 unspecified atom stereocenters. The van der Waals surface area contributed by atoms with Crippen molar-refractivity contribution in [2.75, 3.05) is 0 Å². The van der Waals surface area contributed by atoms with Gasteiger partial charge in [-0.3, -0.25) is 14.4 Å². The average molecular weight is 215 g/mol. The monoisotopic (exact) mass is 215 g/mol. The van der Waals surface area contributed by atoms with E-state index in [9.17, 15) is 14.4 Å². The Kier molecular flexibility index (Phi) is 4.45. The first-order chi connectivity index (χ1) is 6.70. The van der Waals surface area contributed by atoms with Gasteiger partial charge in [0.05, 0.1) is 5.54 Å². The maximum atomic E-state index is 11.7. The Balaban J connectivity index is 4.85. The number of aliphatic carboxylic acids is 1. The zero-order valence-electron chi connectivity index (χ0n) is 9.46. The number of hydrogen-bond donors (Lipinski definition) is 2. The van der Waals surface area contributed by atoms with Crippen molar-refractivity contribution in [1.29, 1.82) is 0 Å². The molecule has 0 aromatic heterocycles. The SMILES string of the molecule is CC(=O)NC(C)(C(=O)CC(=O)O)C(C)C. The summed E-state index contributed by atoms with van der Waals surface area (Å²) in [5, 5.41) is 11.0. The van der Waals surface area contributed by atoms with Crippen LogP contribution in [-0.2, 0) is 14.4 Å². The minimum absolute atomic E-state index is 0.159. The maximum absolute atomic E-state index is 11.7. The van der Waals surface area contributed by atoms with Gasteiger partial charge in [0.2, 0.25) is 5.91 Å². The standard InChI is InChI=1S/C10H17NO4/c1-6(2)10(4,11-7(3)12)8(13)5-9(14)15/h6H,5H2,1-4H3,(H,11,12)(H,14,15). The van der Waals surface area contributed by atoms with Crippen LogP contribution in [0.25, 0.3) is 0 Å². The fourth-order valence-electron chi connectivity index (χ4n) is 1.22. The van der Waals surface area contributed by atoms with E-state index < -0.39 is 23.7 Å². The van der Waals surface area contributed by atoms with Crippen molar-refractivity contribution in [3.05, 3.63) is 0 Å². The minimum Gasteiger partial charge on any atom is -0.481 e. The lowest BCUT2D eigenvalue weighted by atomic mass is 9.83. The van der Waals surface area contributed by atoms with Gasteiger partial charge < -0.3 is 10.4 Å². The molecule has 0 radical (unpaired) electrons. The van der Waals surface area contributed by atoms with Crippen LogP contribution in [0.1, 0.15) is 34.1 Å². The first-order valence-electron chi connectivity index (χ1n) is 4.74. The number of carbonyl (C=O) groups is 3. The molecule has 2 N–H and O–H groups in total. The molecule has 0 saturated heterocycles. The summed E-state index contributed by atoms with van der Waals surface area (Å²) in [7, 11) is 0. The van der Waals surface area contributed by atoms with Crippen molar-refractivity contribution in [2.24, 2.45) is 5.92 Å². The Bertz CT molecular complexity index is 285. The van der Waals surface area contributed by atoms with E-state index in [1.165, 1.54) is 6.92 Å². The molecular formula is C10H17NO4. The molecule has 5 heteroatoms. The Morgan fingerprint density at radius 1 is 1.33 bits per heavy atom. The quantitative estimate of drug-likeness (QED) is 0.657. The van der Waals surface area contributed by atoms with Gasteiger partial charge in [0.15, 0.2) is 5.78 Å². The summed E-state index contributed by atoms with van der Waals surface area (Å²) >= 11 is 0. The number of hydrogen-bond acceptors (Lipinski definition) is 3. The third kappa shape index (κ3) is 3.69. The van der Waals surface area contributed by atoms with Crippen molar-refractivity contribution in [3.8, 4) is 0 Å². The summed E-state index contributed by atoms with van der Waals surface area (Å²) in [6.45, 7) is 6.37. The van der Waals surface area contributed by atoms with Crippen molar-refractivity contribution < 1.29 is 19.5 Å². The van der Waals surface area contributed by atoms with E-state index in [0.29, 0.717) is 0 Å². The third-order valence-electron chi connectivity index (χ3n) is 2.48. The highest BCUT2D eigenvalue weighted by molar-refractivity contribution is 6.01. The Morgan fingerprint density at radius 2 is 1.80 bits per heavy atom. The number of carboxylic acids is 1. The third-order valence-corrected chi connectivity index (χ3v) is 2.48. The number of amides is 1. The van der Waals surface area contributed by atoms with Gasteiger partial charge in [0.25, 0.3) is 0 Å². The molecule has 0 aromatic rings. The predicted molar refractivity (Wildman–Crippen MR) is 54.3 cm³/mol. The second-order valence-corrected chi connectivity index (χ2v) is 4.03. The molecule has 0 spiro atoms. The topological polar surface area (TPSA) is 83.5 Å². The van der Waals surface area contributed by atoms with E-state index in [0.717, 1.165) is 0 Å². The van der Waals surface area contributed by atoms with Crippen molar-refractivity contribution >= 4 is 17.7 Å². The molecule has 0 heterocycles. The van der Waals surface area contributed by atoms with E-state index in [2.05, 4.69) is 5.32 Å². The number of Topliss-reactive ketones (excluding diaryl/α,β-unsaturated/α-hetero) is 1. The number of ketones is 1. The number of rotatable bonds is 5. The maximum Gasteiger partial charge on any atom is 0.310 e. The molecule has 0 aliphatic heterocycles. The van der Waals surface area contributed by atoms with E-state index in [1.807, 2.05) is 0 Å². The molecule has 0 aromatic carbocycles. The van der Waals surface area contributed by atoms with Gasteiger partial charge in [0, 0.05) is 6.92 Å². The molecule has 0 rings (SSSR count). The van der Waals surface area contributed by atoms with E-state index in [1.54, 1.807) is 20.8 Å². The summed E-state index contributed by atoms with van der Waals surface area (Å²) < 4.78 is 0. The van der Waals surface area contributed by atoms with Crippen LogP contribution >= 0.6 is 0 Å². The minimum atomic E-state index is -1.18. The van der Waals surface area contributed by atoms with Gasteiger partial charge >= 0.3 is 5.97 Å². The van der Waals surface area contributed by atoms with Crippen LogP contribution in [-0.4, -0.2) is 28.3 Å². The Labute approximate surface area is 88.9 Å². The van der Waals surface area contributed by atoms with Gasteiger partial charge in [-0.2, -0.15) is 0 Å². The largest absolute Gasteiger partial charge is 0.481 e. The zero-order chi connectivity index (χ0) is 12.2. The second-order valence-electron chi connectivity index (χ2n) is 4.03. The molecule has 0 saturated carbocycles. The Hall–Kier alpha value is -1.39. The summed E-state index contributed by atoms with van der Waals surface area (Å²) in [6, 6.07) is 0. The number of carboxylic acid groups (broad SMARTS) is 1. The van der Waals surface area contributed by atoms with Gasteiger partial charge in [-0.1, -0.05) is 13.8 Å². The fourth-order valence-corrected chi connectivity index (χ4v) is 1.22. The first kappa shape index (κ1) is 13.6. The first-order valence-corrected chi connectivity index (χ1v) is 4.74. The summed E-state index contributed by atoms with van der Waals surface area (Å²) in [5.41, 5.74) is -1.11. The molecule has 0 bridgehead atoms. The lowest BCUT2D eigenvalue weighted by Crippen LogP contribution is -2.55. The molecule has 0 aliphatic carbocycles. The van der Waals surface area contributed by atoms with Crippen molar-refractivity contribution in [2.45, 2.75) is 39.7 Å². The predicted octanol–water partition coefficient (Wildman–Crippen LogP) is 0.581. The molecule has 1 amide bonds. The van der Waals surface area contributed by atoms with Crippen LogP contribution in [0.2, 0.25) is 0 Å². The van der Waals surface area contributed by atoms with Gasteiger partial charge in [-0.05, 0) is 12.8 Å². The van der Waals surface area contributed by atoms with Crippen LogP contribution < -0.4 is 5.32 Å². The molecule has 5 nitrogen and oxygen atoms in total. The van der Waals surface area contributed by atoms with Crippen LogP contribution in [0.5, 0.6) is 0 Å². The molecule has 0 fully saturated rings. The summed E-state index contributed by atoms with van der Waals surface area (Å²) in [5.74, 6) is -2.17. The van der Waals surface area contributed by atoms with E-state index in [4.69, 9.17) is 5.11 Å². The average Bonchev–Trinajstić information content (AvgIpc) is 2.00. The van der Waals surface area contributed by atoms with Crippen LogP contribution in [0.15, 0.2) is 0 Å². The highest BCUT2D eigenvalue weighted by Crippen LogP contribution is 2.19. The Morgan fingerprint density at radius 3 is 2.07 bits per heavy atom. The van der Waals surface area contributed by atoms with Crippen LogP contribution in [0, 0.1) is 5.92 Å². The molecular weight excluding hydrogens is 198 g/mol. The smallest absolute Gasteiger partial charge is 0.310 e. The van der Waals surface area contributed by atoms with E-state index in [-0.39, 0.29) is 11.8 Å². The second kappa shape index (κ2) is 4.91. The number of nitrogens with one attached hydrogen (secondary N) is 1.